The predicted molar refractivity (Wildman–Crippen MR) is 88.7 cm³/mol. The fraction of sp³-hybridized carbons (Fsp3) is 0.400. The molecule has 3 heterocycles. The topological polar surface area (TPSA) is 38.6 Å². The van der Waals surface area contributed by atoms with Crippen LogP contribution in [0.5, 0.6) is 5.88 Å². The third-order valence-electron chi connectivity index (χ3n) is 3.44. The van der Waals surface area contributed by atoms with Crippen molar-refractivity contribution in [1.82, 2.24) is 14.7 Å². The van der Waals surface area contributed by atoms with Gasteiger partial charge in [0.25, 0.3) is 0 Å². The van der Waals surface area contributed by atoms with Gasteiger partial charge in [-0.15, -0.1) is 22.7 Å². The van der Waals surface area contributed by atoms with Gasteiger partial charge in [0, 0.05) is 33.9 Å². The number of methoxy groups -OCH3 is 1. The number of thiazole rings is 1. The van der Waals surface area contributed by atoms with E-state index in [1.165, 1.54) is 9.75 Å². The number of hydrogen-bond donors (Lipinski definition) is 1. The van der Waals surface area contributed by atoms with Crippen molar-refractivity contribution in [2.75, 3.05) is 7.11 Å². The molecule has 0 saturated carbocycles. The Labute approximate surface area is 132 Å². The Bertz CT molecular complexity index is 728. The molecule has 0 spiro atoms. The van der Waals surface area contributed by atoms with Gasteiger partial charge in [-0.25, -0.2) is 0 Å². The van der Waals surface area contributed by atoms with Crippen molar-refractivity contribution in [3.05, 3.63) is 39.2 Å². The number of rotatable bonds is 6. The minimum Gasteiger partial charge on any atom is -0.480 e. The number of aryl methyl sites for hydroxylation is 1. The van der Waals surface area contributed by atoms with Crippen LogP contribution < -0.4 is 10.1 Å². The van der Waals surface area contributed by atoms with E-state index < -0.39 is 0 Å². The standard InChI is InChI=1S/C15H19N3OS2/c1-10(8-12-5-4-11(2)21-12)16-9-13-14(19-3)17-15-18(13)6-7-20-15/h4-7,10,16H,8-9H2,1-3H3. The molecule has 4 nitrogen and oxygen atoms in total. The molecule has 1 atom stereocenters. The van der Waals surface area contributed by atoms with E-state index in [-0.39, 0.29) is 0 Å². The lowest BCUT2D eigenvalue weighted by atomic mass is 10.2. The molecule has 0 aliphatic heterocycles. The lowest BCUT2D eigenvalue weighted by Gasteiger charge is -2.13. The maximum absolute atomic E-state index is 5.38. The number of imidazole rings is 1. The molecule has 0 radical (unpaired) electrons. The number of nitrogens with one attached hydrogen (secondary N) is 1. The van der Waals surface area contributed by atoms with E-state index in [0.29, 0.717) is 11.9 Å². The molecule has 0 aliphatic carbocycles. The van der Waals surface area contributed by atoms with E-state index in [2.05, 4.69) is 40.7 Å². The summed E-state index contributed by atoms with van der Waals surface area (Å²) in [6, 6.07) is 4.81. The van der Waals surface area contributed by atoms with Gasteiger partial charge in [-0.3, -0.25) is 4.40 Å². The summed E-state index contributed by atoms with van der Waals surface area (Å²) < 4.78 is 7.48. The average Bonchev–Trinajstić information content (AvgIpc) is 3.12. The van der Waals surface area contributed by atoms with Crippen LogP contribution in [-0.4, -0.2) is 22.5 Å². The van der Waals surface area contributed by atoms with Gasteiger partial charge in [0.15, 0.2) is 4.96 Å². The molecule has 21 heavy (non-hydrogen) atoms. The van der Waals surface area contributed by atoms with Gasteiger partial charge in [-0.2, -0.15) is 4.98 Å². The summed E-state index contributed by atoms with van der Waals surface area (Å²) in [7, 11) is 1.67. The zero-order chi connectivity index (χ0) is 14.8. The first-order chi connectivity index (χ1) is 10.2. The minimum atomic E-state index is 0.414. The molecule has 1 unspecified atom stereocenters. The lowest BCUT2D eigenvalue weighted by molar-refractivity contribution is 0.391. The SMILES string of the molecule is COc1nc2sccn2c1CNC(C)Cc1ccc(C)s1. The van der Waals surface area contributed by atoms with E-state index in [0.717, 1.165) is 23.6 Å². The van der Waals surface area contributed by atoms with Crippen molar-refractivity contribution in [2.45, 2.75) is 32.9 Å². The fourth-order valence-electron chi connectivity index (χ4n) is 2.38. The van der Waals surface area contributed by atoms with E-state index in [4.69, 9.17) is 4.74 Å². The largest absolute Gasteiger partial charge is 0.480 e. The highest BCUT2D eigenvalue weighted by Gasteiger charge is 2.14. The van der Waals surface area contributed by atoms with E-state index in [1.807, 2.05) is 22.9 Å². The highest BCUT2D eigenvalue weighted by Crippen LogP contribution is 2.23. The van der Waals surface area contributed by atoms with Gasteiger partial charge in [0.05, 0.1) is 7.11 Å². The number of fused-ring (bicyclic) bond motifs is 1. The average molecular weight is 321 g/mol. The summed E-state index contributed by atoms with van der Waals surface area (Å²) in [6.45, 7) is 5.12. The Morgan fingerprint density at radius 1 is 1.43 bits per heavy atom. The van der Waals surface area contributed by atoms with Gasteiger partial charge in [-0.1, -0.05) is 0 Å². The smallest absolute Gasteiger partial charge is 0.237 e. The van der Waals surface area contributed by atoms with Crippen molar-refractivity contribution < 1.29 is 4.74 Å². The molecule has 3 aromatic heterocycles. The fourth-order valence-corrected chi connectivity index (χ4v) is 4.12. The number of nitrogens with zero attached hydrogens (tertiary/aromatic N) is 2. The van der Waals surface area contributed by atoms with Crippen LogP contribution in [0.2, 0.25) is 0 Å². The second kappa shape index (κ2) is 6.17. The maximum atomic E-state index is 5.38. The van der Waals surface area contributed by atoms with Gasteiger partial charge in [0.1, 0.15) is 5.69 Å². The summed E-state index contributed by atoms with van der Waals surface area (Å²) in [5.74, 6) is 0.716. The lowest BCUT2D eigenvalue weighted by Crippen LogP contribution is -2.27. The first-order valence-corrected chi connectivity index (χ1v) is 8.64. The number of thiophene rings is 1. The van der Waals surface area contributed by atoms with Gasteiger partial charge < -0.3 is 10.1 Å². The molecule has 0 bridgehead atoms. The van der Waals surface area contributed by atoms with Crippen LogP contribution in [0.15, 0.2) is 23.7 Å². The number of aromatic nitrogens is 2. The van der Waals surface area contributed by atoms with Crippen LogP contribution in [0.4, 0.5) is 0 Å². The quantitative estimate of drug-likeness (QED) is 0.755. The van der Waals surface area contributed by atoms with E-state index in [9.17, 15) is 0 Å². The predicted octanol–water partition coefficient (Wildman–Crippen LogP) is 3.50. The number of hydrogen-bond acceptors (Lipinski definition) is 5. The molecule has 3 rings (SSSR count). The third kappa shape index (κ3) is 3.12. The highest BCUT2D eigenvalue weighted by molar-refractivity contribution is 7.15. The Morgan fingerprint density at radius 3 is 3.00 bits per heavy atom. The van der Waals surface area contributed by atoms with Crippen LogP contribution in [-0.2, 0) is 13.0 Å². The minimum absolute atomic E-state index is 0.414. The van der Waals surface area contributed by atoms with Gasteiger partial charge in [0.2, 0.25) is 5.88 Å². The van der Waals surface area contributed by atoms with Crippen LogP contribution in [0.3, 0.4) is 0 Å². The van der Waals surface area contributed by atoms with Crippen molar-refractivity contribution in [1.29, 1.82) is 0 Å². The molecular formula is C15H19N3OS2. The summed E-state index contributed by atoms with van der Waals surface area (Å²) >= 11 is 3.49. The summed E-state index contributed by atoms with van der Waals surface area (Å²) in [6.07, 6.45) is 3.09. The third-order valence-corrected chi connectivity index (χ3v) is 5.22. The first-order valence-electron chi connectivity index (χ1n) is 6.94. The van der Waals surface area contributed by atoms with Crippen molar-refractivity contribution in [3.63, 3.8) is 0 Å². The van der Waals surface area contributed by atoms with Crippen molar-refractivity contribution in [3.8, 4) is 5.88 Å². The maximum Gasteiger partial charge on any atom is 0.237 e. The van der Waals surface area contributed by atoms with Crippen LogP contribution in [0.1, 0.15) is 22.4 Å². The molecule has 0 amide bonds. The van der Waals surface area contributed by atoms with Gasteiger partial charge in [-0.05, 0) is 32.4 Å². The Balaban J connectivity index is 1.66. The zero-order valence-electron chi connectivity index (χ0n) is 12.4. The molecule has 0 aliphatic rings. The molecule has 0 aromatic carbocycles. The second-order valence-corrected chi connectivity index (χ2v) is 7.37. The zero-order valence-corrected chi connectivity index (χ0v) is 14.1. The Hall–Kier alpha value is -1.37. The van der Waals surface area contributed by atoms with Gasteiger partial charge >= 0.3 is 0 Å². The Kier molecular flexibility index (Phi) is 4.28. The first kappa shape index (κ1) is 14.6. The Morgan fingerprint density at radius 2 is 2.29 bits per heavy atom. The second-order valence-electron chi connectivity index (χ2n) is 5.12. The molecule has 0 saturated heterocycles. The van der Waals surface area contributed by atoms with E-state index in [1.54, 1.807) is 18.4 Å². The van der Waals surface area contributed by atoms with E-state index >= 15 is 0 Å². The summed E-state index contributed by atoms with van der Waals surface area (Å²) in [4.78, 5) is 8.25. The summed E-state index contributed by atoms with van der Waals surface area (Å²) in [5, 5.41) is 5.61. The normalized spacial score (nSPS) is 12.9. The monoisotopic (exact) mass is 321 g/mol. The van der Waals surface area contributed by atoms with Crippen molar-refractivity contribution in [2.24, 2.45) is 0 Å². The van der Waals surface area contributed by atoms with Crippen LogP contribution >= 0.6 is 22.7 Å². The van der Waals surface area contributed by atoms with Crippen LogP contribution in [0.25, 0.3) is 4.96 Å². The highest BCUT2D eigenvalue weighted by atomic mass is 32.1. The van der Waals surface area contributed by atoms with Crippen LogP contribution in [0, 0.1) is 6.92 Å². The molecular weight excluding hydrogens is 302 g/mol. The number of ether oxygens (including phenoxy) is 1. The molecule has 6 heteroatoms. The molecule has 3 aromatic rings. The molecule has 0 fully saturated rings. The summed E-state index contributed by atoms with van der Waals surface area (Å²) in [5.41, 5.74) is 1.09. The molecule has 1 N–H and O–H groups in total. The molecule has 112 valence electrons. The van der Waals surface area contributed by atoms with Crippen molar-refractivity contribution >= 4 is 27.6 Å².